The van der Waals surface area contributed by atoms with Crippen molar-refractivity contribution in [3.63, 3.8) is 0 Å². The molecule has 2 rings (SSSR count). The maximum absolute atomic E-state index is 12.6. The molecule has 1 amide bonds. The second-order valence-electron chi connectivity index (χ2n) is 6.04. The van der Waals surface area contributed by atoms with E-state index < -0.39 is 10.0 Å². The van der Waals surface area contributed by atoms with Crippen LogP contribution in [-0.4, -0.2) is 69.2 Å². The van der Waals surface area contributed by atoms with E-state index in [4.69, 9.17) is 4.74 Å². The minimum absolute atomic E-state index is 0.0368. The first-order valence-electron chi connectivity index (χ1n) is 7.73. The van der Waals surface area contributed by atoms with Crippen LogP contribution in [0.15, 0.2) is 0 Å². The van der Waals surface area contributed by atoms with Gasteiger partial charge in [0.15, 0.2) is 0 Å². The van der Waals surface area contributed by atoms with Gasteiger partial charge in [-0.1, -0.05) is 0 Å². The Kier molecular flexibility index (Phi) is 5.62. The molecule has 7 heteroatoms. The Labute approximate surface area is 127 Å². The summed E-state index contributed by atoms with van der Waals surface area (Å²) in [4.78, 5) is 14.5. The summed E-state index contributed by atoms with van der Waals surface area (Å²) in [6.07, 6.45) is 3.51. The summed E-state index contributed by atoms with van der Waals surface area (Å²) >= 11 is 0. The topological polar surface area (TPSA) is 66.9 Å². The molecule has 122 valence electrons. The van der Waals surface area contributed by atoms with Crippen molar-refractivity contribution in [1.82, 2.24) is 9.21 Å². The fraction of sp³-hybridized carbons (Fsp3) is 0.929. The van der Waals surface area contributed by atoms with Crippen molar-refractivity contribution in [1.29, 1.82) is 0 Å². The smallest absolute Gasteiger partial charge is 0.225 e. The predicted octanol–water partition coefficient (Wildman–Crippen LogP) is 0.543. The van der Waals surface area contributed by atoms with Gasteiger partial charge in [-0.2, -0.15) is 0 Å². The molecule has 2 aliphatic rings. The lowest BCUT2D eigenvalue weighted by molar-refractivity contribution is -0.137. The molecule has 0 aromatic carbocycles. The average molecular weight is 318 g/mol. The Morgan fingerprint density at radius 3 is 2.43 bits per heavy atom. The molecular weight excluding hydrogens is 292 g/mol. The highest BCUT2D eigenvalue weighted by molar-refractivity contribution is 7.88. The van der Waals surface area contributed by atoms with Crippen molar-refractivity contribution < 1.29 is 17.9 Å². The highest BCUT2D eigenvalue weighted by Gasteiger charge is 2.32. The summed E-state index contributed by atoms with van der Waals surface area (Å²) in [6.45, 7) is 5.93. The van der Waals surface area contributed by atoms with Gasteiger partial charge in [-0.25, -0.2) is 12.7 Å². The summed E-state index contributed by atoms with van der Waals surface area (Å²) in [7, 11) is -3.13. The van der Waals surface area contributed by atoms with Gasteiger partial charge in [-0.15, -0.1) is 0 Å². The molecule has 0 spiro atoms. The summed E-state index contributed by atoms with van der Waals surface area (Å²) in [5, 5.41) is 0. The van der Waals surface area contributed by atoms with Gasteiger partial charge in [0.2, 0.25) is 15.9 Å². The molecule has 0 radical (unpaired) electrons. The van der Waals surface area contributed by atoms with Crippen LogP contribution >= 0.6 is 0 Å². The maximum atomic E-state index is 12.6. The number of sulfonamides is 1. The number of nitrogens with zero attached hydrogens (tertiary/aromatic N) is 2. The van der Waals surface area contributed by atoms with Crippen LogP contribution < -0.4 is 0 Å². The molecule has 2 saturated heterocycles. The third-order valence-corrected chi connectivity index (χ3v) is 5.77. The van der Waals surface area contributed by atoms with E-state index in [0.717, 1.165) is 26.2 Å². The van der Waals surface area contributed by atoms with E-state index in [0.29, 0.717) is 38.4 Å². The molecule has 1 atom stereocenters. The number of amides is 1. The third kappa shape index (κ3) is 4.40. The second kappa shape index (κ2) is 7.07. The maximum Gasteiger partial charge on any atom is 0.225 e. The first kappa shape index (κ1) is 16.7. The third-order valence-electron chi connectivity index (χ3n) is 4.47. The van der Waals surface area contributed by atoms with Crippen molar-refractivity contribution in [3.8, 4) is 0 Å². The monoisotopic (exact) mass is 318 g/mol. The Morgan fingerprint density at radius 1 is 1.29 bits per heavy atom. The number of carbonyl (C=O) groups excluding carboxylic acids is 1. The highest BCUT2D eigenvalue weighted by atomic mass is 32.2. The van der Waals surface area contributed by atoms with E-state index in [1.54, 1.807) is 0 Å². The number of ether oxygens (including phenoxy) is 1. The van der Waals surface area contributed by atoms with Gasteiger partial charge >= 0.3 is 0 Å². The number of rotatable bonds is 5. The van der Waals surface area contributed by atoms with E-state index in [-0.39, 0.29) is 11.8 Å². The SMILES string of the molecule is CCN(CC1CCOC1)C(=O)C1CCN(S(C)(=O)=O)CC1. The predicted molar refractivity (Wildman–Crippen MR) is 80.3 cm³/mol. The normalized spacial score (nSPS) is 25.1. The molecule has 2 aliphatic heterocycles. The Balaban J connectivity index is 1.87. The van der Waals surface area contributed by atoms with Gasteiger partial charge in [0.25, 0.3) is 0 Å². The Hall–Kier alpha value is -0.660. The van der Waals surface area contributed by atoms with E-state index >= 15 is 0 Å². The molecular formula is C14H26N2O4S. The summed E-state index contributed by atoms with van der Waals surface area (Å²) in [6, 6.07) is 0. The fourth-order valence-corrected chi connectivity index (χ4v) is 3.98. The first-order valence-corrected chi connectivity index (χ1v) is 9.58. The Bertz CT molecular complexity index is 452. The summed E-state index contributed by atoms with van der Waals surface area (Å²) in [5.41, 5.74) is 0. The summed E-state index contributed by atoms with van der Waals surface area (Å²) in [5.74, 6) is 0.591. The standard InChI is InChI=1S/C14H26N2O4S/c1-3-15(10-12-6-9-20-11-12)14(17)13-4-7-16(8-5-13)21(2,18)19/h12-13H,3-11H2,1-2H3. The van der Waals surface area contributed by atoms with Gasteiger partial charge < -0.3 is 9.64 Å². The van der Waals surface area contributed by atoms with Crippen molar-refractivity contribution in [2.24, 2.45) is 11.8 Å². The van der Waals surface area contributed by atoms with Crippen molar-refractivity contribution in [2.75, 3.05) is 45.6 Å². The zero-order chi connectivity index (χ0) is 15.5. The molecule has 0 N–H and O–H groups in total. The molecule has 0 aromatic rings. The average Bonchev–Trinajstić information content (AvgIpc) is 2.96. The summed E-state index contributed by atoms with van der Waals surface area (Å²) < 4.78 is 29.8. The molecule has 0 bridgehead atoms. The molecule has 0 saturated carbocycles. The van der Waals surface area contributed by atoms with Crippen LogP contribution in [0.2, 0.25) is 0 Å². The molecule has 2 fully saturated rings. The lowest BCUT2D eigenvalue weighted by atomic mass is 9.96. The van der Waals surface area contributed by atoms with Gasteiger partial charge in [0, 0.05) is 44.6 Å². The molecule has 21 heavy (non-hydrogen) atoms. The molecule has 0 aliphatic carbocycles. The lowest BCUT2D eigenvalue weighted by Gasteiger charge is -2.33. The van der Waals surface area contributed by atoms with Crippen LogP contribution in [0.4, 0.5) is 0 Å². The van der Waals surface area contributed by atoms with E-state index in [1.807, 2.05) is 11.8 Å². The molecule has 1 unspecified atom stereocenters. The van der Waals surface area contributed by atoms with E-state index in [9.17, 15) is 13.2 Å². The molecule has 2 heterocycles. The largest absolute Gasteiger partial charge is 0.381 e. The van der Waals surface area contributed by atoms with Crippen LogP contribution in [-0.2, 0) is 19.6 Å². The van der Waals surface area contributed by atoms with Crippen molar-refractivity contribution in [2.45, 2.75) is 26.2 Å². The quantitative estimate of drug-likeness (QED) is 0.742. The van der Waals surface area contributed by atoms with Crippen molar-refractivity contribution in [3.05, 3.63) is 0 Å². The second-order valence-corrected chi connectivity index (χ2v) is 8.03. The van der Waals surface area contributed by atoms with Crippen LogP contribution in [0.5, 0.6) is 0 Å². The minimum atomic E-state index is -3.13. The lowest BCUT2D eigenvalue weighted by Crippen LogP contribution is -2.45. The Morgan fingerprint density at radius 2 is 1.95 bits per heavy atom. The number of carbonyl (C=O) groups is 1. The number of hydrogen-bond donors (Lipinski definition) is 0. The van der Waals surface area contributed by atoms with Gasteiger partial charge in [0.1, 0.15) is 0 Å². The number of piperidine rings is 1. The zero-order valence-electron chi connectivity index (χ0n) is 13.0. The van der Waals surface area contributed by atoms with Gasteiger partial charge in [-0.3, -0.25) is 4.79 Å². The molecule has 6 nitrogen and oxygen atoms in total. The van der Waals surface area contributed by atoms with Gasteiger partial charge in [0.05, 0.1) is 12.9 Å². The van der Waals surface area contributed by atoms with E-state index in [1.165, 1.54) is 10.6 Å². The molecule has 0 aromatic heterocycles. The van der Waals surface area contributed by atoms with Gasteiger partial charge in [-0.05, 0) is 26.2 Å². The minimum Gasteiger partial charge on any atom is -0.381 e. The number of hydrogen-bond acceptors (Lipinski definition) is 4. The zero-order valence-corrected chi connectivity index (χ0v) is 13.8. The first-order chi connectivity index (χ1) is 9.91. The van der Waals surface area contributed by atoms with E-state index in [2.05, 4.69) is 0 Å². The van der Waals surface area contributed by atoms with Crippen LogP contribution in [0.25, 0.3) is 0 Å². The fourth-order valence-electron chi connectivity index (χ4n) is 3.11. The van der Waals surface area contributed by atoms with Crippen LogP contribution in [0, 0.1) is 11.8 Å². The van der Waals surface area contributed by atoms with Crippen LogP contribution in [0.3, 0.4) is 0 Å². The van der Waals surface area contributed by atoms with Crippen molar-refractivity contribution >= 4 is 15.9 Å². The highest BCUT2D eigenvalue weighted by Crippen LogP contribution is 2.23. The van der Waals surface area contributed by atoms with Crippen LogP contribution in [0.1, 0.15) is 26.2 Å².